The molecular weight excluding hydrogens is 304 g/mol. The molecule has 0 bridgehead atoms. The minimum atomic E-state index is 0.192. The smallest absolute Gasteiger partial charge is 0.0701 e. The first-order valence-electron chi connectivity index (χ1n) is 5.28. The van der Waals surface area contributed by atoms with Crippen LogP contribution in [0.2, 0.25) is 0 Å². The van der Waals surface area contributed by atoms with E-state index in [0.29, 0.717) is 5.25 Å². The fourth-order valence-corrected chi connectivity index (χ4v) is 4.48. The van der Waals surface area contributed by atoms with Crippen molar-refractivity contribution in [2.75, 3.05) is 26.4 Å². The van der Waals surface area contributed by atoms with Crippen LogP contribution in [-0.2, 0) is 0 Å². The minimum absolute atomic E-state index is 0.192. The molecule has 2 nitrogen and oxygen atoms in total. The van der Waals surface area contributed by atoms with Gasteiger partial charge in [0, 0.05) is 23.2 Å². The van der Waals surface area contributed by atoms with Crippen LogP contribution >= 0.6 is 39.0 Å². The van der Waals surface area contributed by atoms with Gasteiger partial charge in [0.05, 0.1) is 9.04 Å². The monoisotopic (exact) mass is 322 g/mol. The van der Waals surface area contributed by atoms with Gasteiger partial charge in [-0.15, -0.1) is 23.1 Å². The molecule has 16 heavy (non-hydrogen) atoms. The molecule has 0 aliphatic carbocycles. The van der Waals surface area contributed by atoms with E-state index >= 15 is 0 Å². The summed E-state index contributed by atoms with van der Waals surface area (Å²) in [4.78, 5) is 3.57. The third-order valence-corrected chi connectivity index (χ3v) is 5.50. The number of hydrogen-bond donors (Lipinski definition) is 1. The highest BCUT2D eigenvalue weighted by Gasteiger charge is 2.18. The van der Waals surface area contributed by atoms with E-state index in [9.17, 15) is 0 Å². The third kappa shape index (κ3) is 4.75. The van der Waals surface area contributed by atoms with Crippen LogP contribution in [0.4, 0.5) is 0 Å². The van der Waals surface area contributed by atoms with E-state index in [1.807, 2.05) is 11.8 Å². The molecule has 5 heteroatoms. The molecule has 0 spiro atoms. The largest absolute Gasteiger partial charge is 0.327 e. The normalized spacial score (nSPS) is 15.4. The summed E-state index contributed by atoms with van der Waals surface area (Å²) in [6, 6.07) is 4.46. The summed E-state index contributed by atoms with van der Waals surface area (Å²) in [5, 5.41) is 0.413. The molecule has 0 amide bonds. The molecule has 0 fully saturated rings. The van der Waals surface area contributed by atoms with Crippen molar-refractivity contribution in [2.24, 2.45) is 5.73 Å². The van der Waals surface area contributed by atoms with Gasteiger partial charge < -0.3 is 10.6 Å². The van der Waals surface area contributed by atoms with E-state index in [1.54, 1.807) is 11.3 Å². The molecule has 92 valence electrons. The quantitative estimate of drug-likeness (QED) is 0.872. The number of hydrogen-bond acceptors (Lipinski definition) is 4. The second kappa shape index (κ2) is 7.01. The highest BCUT2D eigenvalue weighted by molar-refractivity contribution is 9.11. The van der Waals surface area contributed by atoms with Crippen molar-refractivity contribution in [1.29, 1.82) is 0 Å². The second-order valence-electron chi connectivity index (χ2n) is 4.10. The first-order valence-corrected chi connectivity index (χ1v) is 7.93. The van der Waals surface area contributed by atoms with Crippen molar-refractivity contribution in [1.82, 2.24) is 4.90 Å². The molecule has 1 heterocycles. The van der Waals surface area contributed by atoms with Gasteiger partial charge >= 0.3 is 0 Å². The standard InChI is InChI=1S/C11H19BrN2S2/c1-8(13)11(15-7-6-14(2)3)9-4-5-10(12)16-9/h4-5,8,11H,6-7,13H2,1-3H3. The Balaban J connectivity index is 2.55. The van der Waals surface area contributed by atoms with Gasteiger partial charge in [-0.05, 0) is 49.1 Å². The maximum atomic E-state index is 6.05. The van der Waals surface area contributed by atoms with Crippen LogP contribution in [0.15, 0.2) is 15.9 Å². The molecule has 0 aliphatic rings. The third-order valence-electron chi connectivity index (χ3n) is 2.19. The summed E-state index contributed by atoms with van der Waals surface area (Å²) >= 11 is 7.23. The molecule has 0 aromatic carbocycles. The Morgan fingerprint density at radius 2 is 2.19 bits per heavy atom. The van der Waals surface area contributed by atoms with E-state index in [1.165, 1.54) is 8.66 Å². The molecule has 2 atom stereocenters. The molecule has 0 saturated carbocycles. The molecule has 2 N–H and O–H groups in total. The zero-order chi connectivity index (χ0) is 12.1. The van der Waals surface area contributed by atoms with Gasteiger partial charge in [-0.25, -0.2) is 0 Å². The lowest BCUT2D eigenvalue weighted by atomic mass is 10.2. The van der Waals surface area contributed by atoms with Crippen molar-refractivity contribution < 1.29 is 0 Å². The van der Waals surface area contributed by atoms with Gasteiger partial charge in [-0.2, -0.15) is 0 Å². The highest BCUT2D eigenvalue weighted by Crippen LogP contribution is 2.37. The highest BCUT2D eigenvalue weighted by atomic mass is 79.9. The molecule has 0 saturated heterocycles. The van der Waals surface area contributed by atoms with Crippen LogP contribution < -0.4 is 5.73 Å². The maximum absolute atomic E-state index is 6.05. The van der Waals surface area contributed by atoms with Crippen molar-refractivity contribution >= 4 is 39.0 Å². The summed E-state index contributed by atoms with van der Waals surface area (Å²) in [7, 11) is 4.20. The number of thioether (sulfide) groups is 1. The average molecular weight is 323 g/mol. The Hall–Kier alpha value is 0.450. The van der Waals surface area contributed by atoms with Crippen molar-refractivity contribution in [3.63, 3.8) is 0 Å². The number of halogens is 1. The van der Waals surface area contributed by atoms with Gasteiger partial charge in [-0.3, -0.25) is 0 Å². The van der Waals surface area contributed by atoms with Gasteiger partial charge in [0.15, 0.2) is 0 Å². The van der Waals surface area contributed by atoms with Crippen LogP contribution in [0.3, 0.4) is 0 Å². The fraction of sp³-hybridized carbons (Fsp3) is 0.636. The Labute approximate surface area is 115 Å². The number of nitrogens with two attached hydrogens (primary N) is 1. The Morgan fingerprint density at radius 1 is 1.50 bits per heavy atom. The lowest BCUT2D eigenvalue weighted by molar-refractivity contribution is 0.437. The number of rotatable bonds is 6. The molecule has 1 aromatic heterocycles. The van der Waals surface area contributed by atoms with Crippen LogP contribution in [0.25, 0.3) is 0 Å². The summed E-state index contributed by atoms with van der Waals surface area (Å²) < 4.78 is 1.18. The summed E-state index contributed by atoms with van der Waals surface area (Å²) in [6.07, 6.45) is 0. The first-order chi connectivity index (χ1) is 7.50. The summed E-state index contributed by atoms with van der Waals surface area (Å²) in [6.45, 7) is 3.18. The van der Waals surface area contributed by atoms with E-state index < -0.39 is 0 Å². The van der Waals surface area contributed by atoms with Crippen molar-refractivity contribution in [3.05, 3.63) is 20.8 Å². The molecule has 0 aliphatic heterocycles. The zero-order valence-electron chi connectivity index (χ0n) is 9.94. The van der Waals surface area contributed by atoms with E-state index in [-0.39, 0.29) is 6.04 Å². The summed E-state index contributed by atoms with van der Waals surface area (Å²) in [5.41, 5.74) is 6.05. The van der Waals surface area contributed by atoms with Crippen LogP contribution in [0.1, 0.15) is 17.1 Å². The second-order valence-corrected chi connectivity index (χ2v) is 7.84. The van der Waals surface area contributed by atoms with Crippen molar-refractivity contribution in [2.45, 2.75) is 18.2 Å². The molecule has 0 radical (unpaired) electrons. The lowest BCUT2D eigenvalue weighted by Crippen LogP contribution is -2.23. The fourth-order valence-electron chi connectivity index (χ4n) is 1.34. The molecule has 1 aromatic rings. The van der Waals surface area contributed by atoms with E-state index in [0.717, 1.165) is 12.3 Å². The zero-order valence-corrected chi connectivity index (χ0v) is 13.2. The lowest BCUT2D eigenvalue weighted by Gasteiger charge is -2.20. The molecule has 2 unspecified atom stereocenters. The number of thiophene rings is 1. The predicted octanol–water partition coefficient (Wildman–Crippen LogP) is 3.19. The van der Waals surface area contributed by atoms with E-state index in [2.05, 4.69) is 54.0 Å². The van der Waals surface area contributed by atoms with Crippen molar-refractivity contribution in [3.8, 4) is 0 Å². The summed E-state index contributed by atoms with van der Waals surface area (Å²) in [5.74, 6) is 1.12. The van der Waals surface area contributed by atoms with E-state index in [4.69, 9.17) is 5.73 Å². The molecule has 1 rings (SSSR count). The van der Waals surface area contributed by atoms with Crippen LogP contribution in [0.5, 0.6) is 0 Å². The SMILES string of the molecule is CC(N)C(SCCN(C)C)c1ccc(Br)s1. The Kier molecular flexibility index (Phi) is 6.36. The Bertz CT molecular complexity index is 313. The molecular formula is C11H19BrN2S2. The van der Waals surface area contributed by atoms with Crippen LogP contribution in [-0.4, -0.2) is 37.3 Å². The number of nitrogens with zero attached hydrogens (tertiary/aromatic N) is 1. The maximum Gasteiger partial charge on any atom is 0.0701 e. The topological polar surface area (TPSA) is 29.3 Å². The van der Waals surface area contributed by atoms with Crippen LogP contribution in [0, 0.1) is 0 Å². The van der Waals surface area contributed by atoms with Gasteiger partial charge in [-0.1, -0.05) is 0 Å². The first kappa shape index (κ1) is 14.5. The predicted molar refractivity (Wildman–Crippen MR) is 79.4 cm³/mol. The van der Waals surface area contributed by atoms with Gasteiger partial charge in [0.1, 0.15) is 0 Å². The van der Waals surface area contributed by atoms with Gasteiger partial charge in [0.2, 0.25) is 0 Å². The van der Waals surface area contributed by atoms with Gasteiger partial charge in [0.25, 0.3) is 0 Å². The minimum Gasteiger partial charge on any atom is -0.327 e. The average Bonchev–Trinajstić information content (AvgIpc) is 2.58. The Morgan fingerprint density at radius 3 is 2.62 bits per heavy atom.